The third-order valence-corrected chi connectivity index (χ3v) is 7.84. The van der Waals surface area contributed by atoms with E-state index in [1.165, 1.54) is 4.90 Å². The van der Waals surface area contributed by atoms with E-state index in [1.54, 1.807) is 17.2 Å². The number of hydroxylamine groups is 1. The number of hydrogen-bond acceptors (Lipinski definition) is 7. The lowest BCUT2D eigenvalue weighted by atomic mass is 10.0. The maximum Gasteiger partial charge on any atom is 0.243 e. The number of ether oxygens (including phenoxy) is 2. The molecule has 2 amide bonds. The molecule has 3 aromatic rings. The van der Waals surface area contributed by atoms with Crippen molar-refractivity contribution in [2.24, 2.45) is 0 Å². The zero-order valence-corrected chi connectivity index (χ0v) is 23.1. The predicted molar refractivity (Wildman–Crippen MR) is 154 cm³/mol. The van der Waals surface area contributed by atoms with Gasteiger partial charge in [0.15, 0.2) is 6.29 Å². The molecule has 0 radical (unpaired) electrons. The first-order valence-electron chi connectivity index (χ1n) is 13.5. The van der Waals surface area contributed by atoms with Crippen molar-refractivity contribution in [2.45, 2.75) is 68.5 Å². The molecule has 1 aliphatic rings. The van der Waals surface area contributed by atoms with Crippen LogP contribution in [0.1, 0.15) is 67.6 Å². The number of hydrogen-bond donors (Lipinski definition) is 4. The van der Waals surface area contributed by atoms with Crippen LogP contribution in [0.25, 0.3) is 0 Å². The van der Waals surface area contributed by atoms with Gasteiger partial charge >= 0.3 is 0 Å². The number of thioether (sulfide) groups is 1. The zero-order chi connectivity index (χ0) is 28.2. The Kier molecular flexibility index (Phi) is 11.6. The van der Waals surface area contributed by atoms with Gasteiger partial charge in [0.05, 0.1) is 18.8 Å². The second-order valence-corrected chi connectivity index (χ2v) is 10.8. The standard InChI is InChI=1S/C31H36N2O6S/c34-20-22-11-13-23(14-12-22)28-19-26(21-40-27-7-3-1-4-8-27)38-31(39-28)24-15-17-25(18-16-24)32-29(35)9-5-2-6-10-30(36)33-37/h1,3-4,7-8,11-18,26,28,31,34,37H,2,5-6,9-10,19-21H2,(H,32,35)(H,33,36)/t26-,28+,31+/m1/s1. The summed E-state index contributed by atoms with van der Waals surface area (Å²) in [5, 5.41) is 20.9. The molecule has 0 aliphatic carbocycles. The summed E-state index contributed by atoms with van der Waals surface area (Å²) in [6.45, 7) is 0.000118. The van der Waals surface area contributed by atoms with Crippen molar-refractivity contribution in [3.8, 4) is 0 Å². The van der Waals surface area contributed by atoms with Crippen molar-refractivity contribution in [1.82, 2.24) is 5.48 Å². The largest absolute Gasteiger partial charge is 0.392 e. The Hall–Kier alpha value is -3.21. The Morgan fingerprint density at radius 2 is 1.50 bits per heavy atom. The smallest absolute Gasteiger partial charge is 0.243 e. The highest BCUT2D eigenvalue weighted by Gasteiger charge is 2.32. The van der Waals surface area contributed by atoms with E-state index in [9.17, 15) is 14.7 Å². The van der Waals surface area contributed by atoms with Gasteiger partial charge in [0.2, 0.25) is 11.8 Å². The lowest BCUT2D eigenvalue weighted by Crippen LogP contribution is -2.31. The highest BCUT2D eigenvalue weighted by molar-refractivity contribution is 7.99. The molecule has 1 heterocycles. The van der Waals surface area contributed by atoms with E-state index >= 15 is 0 Å². The summed E-state index contributed by atoms with van der Waals surface area (Å²) in [7, 11) is 0. The van der Waals surface area contributed by atoms with E-state index in [0.29, 0.717) is 31.4 Å². The van der Waals surface area contributed by atoms with Crippen LogP contribution in [0.2, 0.25) is 0 Å². The molecule has 0 aromatic heterocycles. The predicted octanol–water partition coefficient (Wildman–Crippen LogP) is 5.91. The molecule has 40 heavy (non-hydrogen) atoms. The van der Waals surface area contributed by atoms with Crippen molar-refractivity contribution in [1.29, 1.82) is 0 Å². The maximum atomic E-state index is 12.3. The summed E-state index contributed by atoms with van der Waals surface area (Å²) < 4.78 is 12.8. The van der Waals surface area contributed by atoms with E-state index < -0.39 is 12.2 Å². The van der Waals surface area contributed by atoms with Gasteiger partial charge in [-0.1, -0.05) is 61.0 Å². The molecular weight excluding hydrogens is 528 g/mol. The Morgan fingerprint density at radius 3 is 2.17 bits per heavy atom. The van der Waals surface area contributed by atoms with Crippen LogP contribution in [0.15, 0.2) is 83.8 Å². The fraction of sp³-hybridized carbons (Fsp3) is 0.355. The number of nitrogens with one attached hydrogen (secondary N) is 2. The van der Waals surface area contributed by atoms with E-state index in [2.05, 4.69) is 17.4 Å². The fourth-order valence-electron chi connectivity index (χ4n) is 4.48. The SMILES string of the molecule is O=C(CCCCCC(=O)Nc1ccc([C@H]2O[C@@H](CSc3ccccc3)C[C@@H](c3ccc(CO)cc3)O2)cc1)NO. The van der Waals surface area contributed by atoms with E-state index in [1.807, 2.05) is 66.7 Å². The van der Waals surface area contributed by atoms with Crippen molar-refractivity contribution in [3.63, 3.8) is 0 Å². The monoisotopic (exact) mass is 564 g/mol. The van der Waals surface area contributed by atoms with E-state index in [4.69, 9.17) is 14.7 Å². The Labute approximate surface area is 239 Å². The first-order chi connectivity index (χ1) is 19.5. The van der Waals surface area contributed by atoms with Crippen LogP contribution < -0.4 is 10.8 Å². The summed E-state index contributed by atoms with van der Waals surface area (Å²) in [6.07, 6.45) is 2.57. The quantitative estimate of drug-likeness (QED) is 0.0882. The third kappa shape index (κ3) is 9.18. The average Bonchev–Trinajstić information content (AvgIpc) is 3.00. The Balaban J connectivity index is 1.36. The number of aliphatic hydroxyl groups excluding tert-OH is 1. The van der Waals surface area contributed by atoms with Crippen LogP contribution >= 0.6 is 11.8 Å². The summed E-state index contributed by atoms with van der Waals surface area (Å²) in [5.41, 5.74) is 5.07. The van der Waals surface area contributed by atoms with Crippen LogP contribution in [0.4, 0.5) is 5.69 Å². The zero-order valence-electron chi connectivity index (χ0n) is 22.3. The topological polar surface area (TPSA) is 117 Å². The van der Waals surface area contributed by atoms with E-state index in [0.717, 1.165) is 28.9 Å². The van der Waals surface area contributed by atoms with Gasteiger partial charge in [-0.15, -0.1) is 11.8 Å². The van der Waals surface area contributed by atoms with Crippen molar-refractivity contribution in [2.75, 3.05) is 11.1 Å². The molecular formula is C31H36N2O6S. The fourth-order valence-corrected chi connectivity index (χ4v) is 5.42. The number of carbonyl (C=O) groups excluding carboxylic acids is 2. The molecule has 3 atom stereocenters. The van der Waals surface area contributed by atoms with Crippen LogP contribution in [0.3, 0.4) is 0 Å². The molecule has 4 N–H and O–H groups in total. The van der Waals surface area contributed by atoms with Gasteiger partial charge in [0, 0.05) is 41.2 Å². The summed E-state index contributed by atoms with van der Waals surface area (Å²) in [5.74, 6) is 0.282. The second kappa shape index (κ2) is 15.5. The normalized spacial score (nSPS) is 18.7. The molecule has 212 valence electrons. The average molecular weight is 565 g/mol. The minimum absolute atomic E-state index is 0.000118. The number of unbranched alkanes of at least 4 members (excludes halogenated alkanes) is 2. The lowest BCUT2D eigenvalue weighted by Gasteiger charge is -2.36. The van der Waals surface area contributed by atoms with Gasteiger partial charge in [-0.2, -0.15) is 0 Å². The van der Waals surface area contributed by atoms with Gasteiger partial charge in [-0.3, -0.25) is 14.8 Å². The molecule has 1 aliphatic heterocycles. The molecule has 1 saturated heterocycles. The Morgan fingerprint density at radius 1 is 0.825 bits per heavy atom. The number of amides is 2. The van der Waals surface area contributed by atoms with Crippen LogP contribution in [-0.2, 0) is 25.7 Å². The molecule has 3 aromatic carbocycles. The van der Waals surface area contributed by atoms with Crippen molar-refractivity contribution >= 4 is 29.3 Å². The van der Waals surface area contributed by atoms with Crippen molar-refractivity contribution in [3.05, 3.63) is 95.6 Å². The number of carbonyl (C=O) groups is 2. The van der Waals surface area contributed by atoms with Gasteiger partial charge < -0.3 is 19.9 Å². The first kappa shape index (κ1) is 29.8. The van der Waals surface area contributed by atoms with Gasteiger partial charge in [-0.25, -0.2) is 5.48 Å². The molecule has 0 spiro atoms. The van der Waals surface area contributed by atoms with Gasteiger partial charge in [-0.05, 0) is 48.2 Å². The molecule has 0 unspecified atom stereocenters. The van der Waals surface area contributed by atoms with Crippen LogP contribution in [0.5, 0.6) is 0 Å². The third-order valence-electron chi connectivity index (χ3n) is 6.69. The summed E-state index contributed by atoms with van der Waals surface area (Å²) >= 11 is 1.76. The minimum Gasteiger partial charge on any atom is -0.392 e. The molecule has 8 nitrogen and oxygen atoms in total. The highest BCUT2D eigenvalue weighted by Crippen LogP contribution is 2.39. The maximum absolute atomic E-state index is 12.3. The summed E-state index contributed by atoms with van der Waals surface area (Å²) in [4.78, 5) is 24.6. The number of anilines is 1. The second-order valence-electron chi connectivity index (χ2n) is 9.74. The van der Waals surface area contributed by atoms with Gasteiger partial charge in [0.1, 0.15) is 0 Å². The molecule has 4 rings (SSSR count). The molecule has 0 saturated carbocycles. The summed E-state index contributed by atoms with van der Waals surface area (Å²) in [6, 6.07) is 25.6. The van der Waals surface area contributed by atoms with Crippen LogP contribution in [0, 0.1) is 0 Å². The minimum atomic E-state index is -0.557. The van der Waals surface area contributed by atoms with Gasteiger partial charge in [0.25, 0.3) is 0 Å². The molecule has 9 heteroatoms. The lowest BCUT2D eigenvalue weighted by molar-refractivity contribution is -0.245. The highest BCUT2D eigenvalue weighted by atomic mass is 32.2. The molecule has 0 bridgehead atoms. The van der Waals surface area contributed by atoms with E-state index in [-0.39, 0.29) is 31.1 Å². The number of benzene rings is 3. The van der Waals surface area contributed by atoms with Crippen molar-refractivity contribution < 1.29 is 29.4 Å². The number of aliphatic hydroxyl groups is 1. The van der Waals surface area contributed by atoms with Crippen LogP contribution in [-0.4, -0.2) is 34.0 Å². The first-order valence-corrected chi connectivity index (χ1v) is 14.5. The Bertz CT molecular complexity index is 1210. The molecule has 1 fully saturated rings. The number of rotatable bonds is 13.